The zero-order valence-corrected chi connectivity index (χ0v) is 13.4. The van der Waals surface area contributed by atoms with Crippen molar-refractivity contribution < 1.29 is 14.3 Å². The lowest BCUT2D eigenvalue weighted by atomic mass is 9.98. The molecule has 0 unspecified atom stereocenters. The third kappa shape index (κ3) is 3.05. The van der Waals surface area contributed by atoms with Crippen molar-refractivity contribution >= 4 is 17.5 Å². The van der Waals surface area contributed by atoms with E-state index in [1.54, 1.807) is 32.0 Å². The molecular formula is C17H18O3S. The third-order valence-electron chi connectivity index (χ3n) is 3.33. The van der Waals surface area contributed by atoms with Gasteiger partial charge in [-0.15, -0.1) is 11.8 Å². The van der Waals surface area contributed by atoms with E-state index in [2.05, 4.69) is 0 Å². The highest BCUT2D eigenvalue weighted by Gasteiger charge is 2.18. The van der Waals surface area contributed by atoms with Crippen molar-refractivity contribution in [3.63, 3.8) is 0 Å². The molecule has 110 valence electrons. The Kier molecular flexibility index (Phi) is 4.91. The maximum atomic E-state index is 12.8. The first kappa shape index (κ1) is 15.4. The number of rotatable bonds is 5. The van der Waals surface area contributed by atoms with Crippen molar-refractivity contribution in [2.75, 3.05) is 20.5 Å². The fourth-order valence-corrected chi connectivity index (χ4v) is 2.80. The quantitative estimate of drug-likeness (QED) is 0.618. The van der Waals surface area contributed by atoms with Crippen molar-refractivity contribution in [2.45, 2.75) is 11.8 Å². The number of ketones is 1. The zero-order chi connectivity index (χ0) is 15.4. The maximum Gasteiger partial charge on any atom is 0.194 e. The molecule has 0 aliphatic carbocycles. The topological polar surface area (TPSA) is 35.5 Å². The third-order valence-corrected chi connectivity index (χ3v) is 4.12. The molecule has 4 heteroatoms. The van der Waals surface area contributed by atoms with Crippen molar-refractivity contribution in [3.05, 3.63) is 53.1 Å². The first-order chi connectivity index (χ1) is 10.1. The van der Waals surface area contributed by atoms with Gasteiger partial charge < -0.3 is 9.47 Å². The predicted octanol–water partition coefficient (Wildman–Crippen LogP) is 3.97. The molecular weight excluding hydrogens is 284 g/mol. The summed E-state index contributed by atoms with van der Waals surface area (Å²) in [5.41, 5.74) is 2.21. The van der Waals surface area contributed by atoms with Gasteiger partial charge in [0.25, 0.3) is 0 Å². The summed E-state index contributed by atoms with van der Waals surface area (Å²) in [5.74, 6) is 1.19. The Morgan fingerprint density at radius 1 is 1.00 bits per heavy atom. The number of hydrogen-bond acceptors (Lipinski definition) is 4. The molecule has 0 aliphatic rings. The number of hydrogen-bond donors (Lipinski definition) is 0. The van der Waals surface area contributed by atoms with Gasteiger partial charge in [0, 0.05) is 16.0 Å². The summed E-state index contributed by atoms with van der Waals surface area (Å²) in [6.45, 7) is 1.90. The Morgan fingerprint density at radius 2 is 1.62 bits per heavy atom. The van der Waals surface area contributed by atoms with E-state index in [9.17, 15) is 4.79 Å². The molecule has 0 amide bonds. The molecule has 0 saturated heterocycles. The Hall–Kier alpha value is -1.94. The largest absolute Gasteiger partial charge is 0.493 e. The van der Waals surface area contributed by atoms with Crippen LogP contribution in [0.3, 0.4) is 0 Å². The van der Waals surface area contributed by atoms with Crippen LogP contribution in [-0.2, 0) is 0 Å². The molecule has 0 atom stereocenters. The fraction of sp³-hybridized carbons (Fsp3) is 0.235. The lowest BCUT2D eigenvalue weighted by Gasteiger charge is -2.13. The molecule has 0 fully saturated rings. The second-order valence-electron chi connectivity index (χ2n) is 4.55. The highest BCUT2D eigenvalue weighted by atomic mass is 32.2. The molecule has 0 saturated carbocycles. The Balaban J connectivity index is 2.53. The zero-order valence-electron chi connectivity index (χ0n) is 12.6. The molecule has 0 N–H and O–H groups in total. The minimum atomic E-state index is -0.00148. The van der Waals surface area contributed by atoms with Crippen LogP contribution in [-0.4, -0.2) is 26.3 Å². The van der Waals surface area contributed by atoms with Gasteiger partial charge >= 0.3 is 0 Å². The number of carbonyl (C=O) groups excluding carboxylic acids is 1. The van der Waals surface area contributed by atoms with Crippen LogP contribution >= 0.6 is 11.8 Å². The molecule has 0 bridgehead atoms. The first-order valence-electron chi connectivity index (χ1n) is 6.52. The normalized spacial score (nSPS) is 10.3. The van der Waals surface area contributed by atoms with Gasteiger partial charge in [-0.25, -0.2) is 0 Å². The van der Waals surface area contributed by atoms with Crippen LogP contribution in [0.15, 0.2) is 41.3 Å². The van der Waals surface area contributed by atoms with Crippen LogP contribution in [0.4, 0.5) is 0 Å². The van der Waals surface area contributed by atoms with E-state index < -0.39 is 0 Å². The first-order valence-corrected chi connectivity index (χ1v) is 7.75. The van der Waals surface area contributed by atoms with E-state index in [-0.39, 0.29) is 5.78 Å². The van der Waals surface area contributed by atoms with Crippen molar-refractivity contribution in [1.29, 1.82) is 0 Å². The Morgan fingerprint density at radius 3 is 2.24 bits per heavy atom. The maximum absolute atomic E-state index is 12.8. The predicted molar refractivity (Wildman–Crippen MR) is 85.9 cm³/mol. The van der Waals surface area contributed by atoms with Gasteiger partial charge in [0.2, 0.25) is 0 Å². The smallest absolute Gasteiger partial charge is 0.194 e. The van der Waals surface area contributed by atoms with Gasteiger partial charge in [0.1, 0.15) is 0 Å². The molecule has 0 heterocycles. The van der Waals surface area contributed by atoms with Gasteiger partial charge in [-0.05, 0) is 43.0 Å². The average molecular weight is 302 g/mol. The molecule has 0 radical (unpaired) electrons. The van der Waals surface area contributed by atoms with E-state index in [1.165, 1.54) is 0 Å². The lowest BCUT2D eigenvalue weighted by Crippen LogP contribution is -2.06. The van der Waals surface area contributed by atoms with E-state index in [0.29, 0.717) is 22.6 Å². The summed E-state index contributed by atoms with van der Waals surface area (Å²) < 4.78 is 10.6. The molecule has 3 nitrogen and oxygen atoms in total. The van der Waals surface area contributed by atoms with E-state index in [0.717, 1.165) is 10.5 Å². The number of thioether (sulfide) groups is 1. The number of methoxy groups -OCH3 is 2. The summed E-state index contributed by atoms with van der Waals surface area (Å²) in [6.07, 6.45) is 1.97. The minimum Gasteiger partial charge on any atom is -0.493 e. The summed E-state index contributed by atoms with van der Waals surface area (Å²) in [4.78, 5) is 13.8. The van der Waals surface area contributed by atoms with Gasteiger partial charge in [-0.3, -0.25) is 4.79 Å². The van der Waals surface area contributed by atoms with Crippen molar-refractivity contribution in [2.24, 2.45) is 0 Å². The van der Waals surface area contributed by atoms with Gasteiger partial charge in [-0.1, -0.05) is 12.1 Å². The lowest BCUT2D eigenvalue weighted by molar-refractivity contribution is 0.103. The van der Waals surface area contributed by atoms with Crippen LogP contribution < -0.4 is 9.47 Å². The molecule has 0 aromatic heterocycles. The van der Waals surface area contributed by atoms with E-state index in [1.807, 2.05) is 43.5 Å². The van der Waals surface area contributed by atoms with Gasteiger partial charge in [0.15, 0.2) is 17.3 Å². The summed E-state index contributed by atoms with van der Waals surface area (Å²) >= 11 is 1.57. The molecule has 2 rings (SSSR count). The molecule has 0 spiro atoms. The van der Waals surface area contributed by atoms with Crippen LogP contribution in [0, 0.1) is 6.92 Å². The van der Waals surface area contributed by atoms with E-state index in [4.69, 9.17) is 9.47 Å². The SMILES string of the molecule is COc1cc(C)c(C(=O)c2ccccc2SC)cc1OC. The summed E-state index contributed by atoms with van der Waals surface area (Å²) in [7, 11) is 3.15. The van der Waals surface area contributed by atoms with Crippen LogP contribution in [0.25, 0.3) is 0 Å². The number of benzene rings is 2. The van der Waals surface area contributed by atoms with Crippen LogP contribution in [0.5, 0.6) is 11.5 Å². The second kappa shape index (κ2) is 6.68. The minimum absolute atomic E-state index is 0.00148. The molecule has 2 aromatic carbocycles. The monoisotopic (exact) mass is 302 g/mol. The van der Waals surface area contributed by atoms with Crippen LogP contribution in [0.1, 0.15) is 21.5 Å². The Bertz CT molecular complexity index is 665. The van der Waals surface area contributed by atoms with Crippen molar-refractivity contribution in [1.82, 2.24) is 0 Å². The summed E-state index contributed by atoms with van der Waals surface area (Å²) in [5, 5.41) is 0. The second-order valence-corrected chi connectivity index (χ2v) is 5.40. The molecule has 0 aliphatic heterocycles. The average Bonchev–Trinajstić information content (AvgIpc) is 2.53. The molecule has 21 heavy (non-hydrogen) atoms. The number of ether oxygens (including phenoxy) is 2. The molecule has 2 aromatic rings. The van der Waals surface area contributed by atoms with E-state index >= 15 is 0 Å². The Labute approximate surface area is 129 Å². The van der Waals surface area contributed by atoms with Gasteiger partial charge in [0.05, 0.1) is 14.2 Å². The fourth-order valence-electron chi connectivity index (χ4n) is 2.20. The highest BCUT2D eigenvalue weighted by molar-refractivity contribution is 7.98. The highest BCUT2D eigenvalue weighted by Crippen LogP contribution is 2.32. The number of carbonyl (C=O) groups is 1. The van der Waals surface area contributed by atoms with Crippen molar-refractivity contribution in [3.8, 4) is 11.5 Å². The van der Waals surface area contributed by atoms with Gasteiger partial charge in [-0.2, -0.15) is 0 Å². The number of aryl methyl sites for hydroxylation is 1. The summed E-state index contributed by atoms with van der Waals surface area (Å²) in [6, 6.07) is 11.2. The van der Waals surface area contributed by atoms with Crippen LogP contribution in [0.2, 0.25) is 0 Å². The standard InChI is InChI=1S/C17H18O3S/c1-11-9-14(19-2)15(20-3)10-13(11)17(18)12-7-5-6-8-16(12)21-4/h5-10H,1-4H3.